The van der Waals surface area contributed by atoms with Crippen molar-refractivity contribution >= 4 is 5.57 Å². The topological polar surface area (TPSA) is 18.5 Å². The Bertz CT molecular complexity index is 1300. The van der Waals surface area contributed by atoms with Crippen molar-refractivity contribution in [3.05, 3.63) is 107 Å². The van der Waals surface area contributed by atoms with E-state index in [-0.39, 0.29) is 11.9 Å². The van der Waals surface area contributed by atoms with Crippen molar-refractivity contribution in [2.75, 3.05) is 13.2 Å². The van der Waals surface area contributed by atoms with Crippen LogP contribution in [0.3, 0.4) is 0 Å². The van der Waals surface area contributed by atoms with E-state index in [1.165, 1.54) is 6.07 Å². The Labute approximate surface area is 236 Å². The fourth-order valence-electron chi connectivity index (χ4n) is 5.00. The molecule has 0 amide bonds. The second-order valence-electron chi connectivity index (χ2n) is 10.4. The maximum atomic E-state index is 15.0. The lowest BCUT2D eigenvalue weighted by Crippen LogP contribution is -2.16. The minimum atomic E-state index is -0.773. The van der Waals surface area contributed by atoms with Crippen LogP contribution in [0.5, 0.6) is 5.75 Å². The zero-order chi connectivity index (χ0) is 28.3. The molecule has 1 aliphatic carbocycles. The predicted octanol–water partition coefficient (Wildman–Crippen LogP) is 9.65. The standard InChI is InChI=1S/C35H39F3O2/c1-3-5-7-23-40-30-19-21-31(33(36)24-30)26-11-8-25(9-12-26)10-13-28-16-20-32(35(38)34(28)37)27-14-17-29(18-15-27)39-22-6-4-2/h3,8-9,11-12,14,16,19-21,24,29H,1,4-7,10,13,15,17-18,22-23H2,2H3. The zero-order valence-corrected chi connectivity index (χ0v) is 23.4. The molecular weight excluding hydrogens is 509 g/mol. The van der Waals surface area contributed by atoms with Crippen LogP contribution in [0.2, 0.25) is 0 Å². The molecule has 4 rings (SSSR count). The van der Waals surface area contributed by atoms with Crippen molar-refractivity contribution < 1.29 is 22.6 Å². The summed E-state index contributed by atoms with van der Waals surface area (Å²) in [5, 5.41) is 0. The number of rotatable bonds is 14. The highest BCUT2D eigenvalue weighted by Crippen LogP contribution is 2.32. The predicted molar refractivity (Wildman–Crippen MR) is 157 cm³/mol. The normalized spacial score (nSPS) is 15.1. The van der Waals surface area contributed by atoms with E-state index in [0.717, 1.165) is 61.8 Å². The third-order valence-corrected chi connectivity index (χ3v) is 7.43. The molecule has 0 aliphatic heterocycles. The van der Waals surface area contributed by atoms with E-state index in [9.17, 15) is 8.78 Å². The van der Waals surface area contributed by atoms with E-state index >= 15 is 4.39 Å². The van der Waals surface area contributed by atoms with Crippen molar-refractivity contribution in [3.63, 3.8) is 0 Å². The Morgan fingerprint density at radius 2 is 1.70 bits per heavy atom. The lowest BCUT2D eigenvalue weighted by molar-refractivity contribution is 0.0466. The molecule has 0 aromatic heterocycles. The summed E-state index contributed by atoms with van der Waals surface area (Å²) in [6.07, 6.45) is 11.0. The summed E-state index contributed by atoms with van der Waals surface area (Å²) in [5.74, 6) is -1.39. The van der Waals surface area contributed by atoms with E-state index in [4.69, 9.17) is 9.47 Å². The smallest absolute Gasteiger partial charge is 0.166 e. The third kappa shape index (κ3) is 7.88. The van der Waals surface area contributed by atoms with Gasteiger partial charge in [0.15, 0.2) is 11.6 Å². The molecule has 0 fully saturated rings. The Balaban J connectivity index is 1.34. The molecule has 0 heterocycles. The van der Waals surface area contributed by atoms with Gasteiger partial charge in [-0.25, -0.2) is 13.2 Å². The highest BCUT2D eigenvalue weighted by Gasteiger charge is 2.21. The lowest BCUT2D eigenvalue weighted by atomic mass is 9.90. The van der Waals surface area contributed by atoms with Gasteiger partial charge < -0.3 is 9.47 Å². The molecule has 2 nitrogen and oxygen atoms in total. The fraction of sp³-hybridized carbons (Fsp3) is 0.371. The summed E-state index contributed by atoms with van der Waals surface area (Å²) in [6.45, 7) is 7.08. The van der Waals surface area contributed by atoms with Gasteiger partial charge in [0.1, 0.15) is 11.6 Å². The number of aryl methyl sites for hydroxylation is 2. The number of halogens is 3. The molecule has 1 atom stereocenters. The first-order valence-corrected chi connectivity index (χ1v) is 14.4. The van der Waals surface area contributed by atoms with Crippen LogP contribution in [-0.2, 0) is 17.6 Å². The number of hydrogen-bond acceptors (Lipinski definition) is 2. The summed E-state index contributed by atoms with van der Waals surface area (Å²) in [5.41, 5.74) is 3.78. The van der Waals surface area contributed by atoms with Gasteiger partial charge in [-0.05, 0) is 85.8 Å². The van der Waals surface area contributed by atoms with Gasteiger partial charge in [-0.15, -0.1) is 6.58 Å². The lowest BCUT2D eigenvalue weighted by Gasteiger charge is -2.23. The second kappa shape index (κ2) is 14.9. The van der Waals surface area contributed by atoms with Crippen LogP contribution in [0.1, 0.15) is 68.6 Å². The maximum absolute atomic E-state index is 15.0. The van der Waals surface area contributed by atoms with Crippen molar-refractivity contribution in [3.8, 4) is 16.9 Å². The van der Waals surface area contributed by atoms with Gasteiger partial charge in [-0.3, -0.25) is 0 Å². The largest absolute Gasteiger partial charge is 0.493 e. The molecule has 0 saturated heterocycles. The Kier molecular flexibility index (Phi) is 11.1. The zero-order valence-electron chi connectivity index (χ0n) is 23.4. The highest BCUT2D eigenvalue weighted by atomic mass is 19.2. The van der Waals surface area contributed by atoms with E-state index in [1.54, 1.807) is 24.3 Å². The highest BCUT2D eigenvalue weighted by molar-refractivity contribution is 5.67. The summed E-state index contributed by atoms with van der Waals surface area (Å²) < 4.78 is 56.2. The summed E-state index contributed by atoms with van der Waals surface area (Å²) in [7, 11) is 0. The fourth-order valence-corrected chi connectivity index (χ4v) is 5.00. The first-order valence-electron chi connectivity index (χ1n) is 14.4. The SMILES string of the molecule is C=CCCCOc1ccc(-c2ccc(CCc3ccc(C4=CCC(OCCCC)CC4)c(F)c3F)cc2)c(F)c1. The average Bonchev–Trinajstić information content (AvgIpc) is 2.97. The first-order chi connectivity index (χ1) is 19.5. The van der Waals surface area contributed by atoms with Crippen molar-refractivity contribution in [1.82, 2.24) is 0 Å². The van der Waals surface area contributed by atoms with E-state index in [0.29, 0.717) is 48.3 Å². The molecule has 0 saturated carbocycles. The van der Waals surface area contributed by atoms with Crippen LogP contribution < -0.4 is 4.74 Å². The van der Waals surface area contributed by atoms with Gasteiger partial charge in [0.05, 0.1) is 12.7 Å². The van der Waals surface area contributed by atoms with Crippen LogP contribution in [0.4, 0.5) is 13.2 Å². The molecule has 1 unspecified atom stereocenters. The summed E-state index contributed by atoms with van der Waals surface area (Å²) in [4.78, 5) is 0. The number of allylic oxidation sites excluding steroid dienone is 2. The molecule has 0 bridgehead atoms. The number of hydrogen-bond donors (Lipinski definition) is 0. The quantitative estimate of drug-likeness (QED) is 0.147. The van der Waals surface area contributed by atoms with Crippen LogP contribution in [-0.4, -0.2) is 19.3 Å². The van der Waals surface area contributed by atoms with Crippen molar-refractivity contribution in [2.45, 2.75) is 70.8 Å². The Morgan fingerprint density at radius 1 is 0.900 bits per heavy atom. The minimum absolute atomic E-state index is 0.163. The Hall–Kier alpha value is -3.31. The van der Waals surface area contributed by atoms with Gasteiger partial charge in [-0.2, -0.15) is 0 Å². The van der Waals surface area contributed by atoms with Gasteiger partial charge >= 0.3 is 0 Å². The Morgan fingerprint density at radius 3 is 2.40 bits per heavy atom. The van der Waals surface area contributed by atoms with E-state index in [2.05, 4.69) is 13.5 Å². The average molecular weight is 549 g/mol. The molecule has 0 N–H and O–H groups in total. The van der Waals surface area contributed by atoms with E-state index < -0.39 is 11.6 Å². The molecule has 5 heteroatoms. The monoisotopic (exact) mass is 548 g/mol. The molecule has 3 aromatic carbocycles. The van der Waals surface area contributed by atoms with Crippen LogP contribution in [0, 0.1) is 17.5 Å². The number of ether oxygens (including phenoxy) is 2. The molecule has 1 aliphatic rings. The molecule has 3 aromatic rings. The summed E-state index contributed by atoms with van der Waals surface area (Å²) >= 11 is 0. The van der Waals surface area contributed by atoms with Crippen LogP contribution in [0.25, 0.3) is 16.7 Å². The third-order valence-electron chi connectivity index (χ3n) is 7.43. The van der Waals surface area contributed by atoms with Gasteiger partial charge in [-0.1, -0.05) is 61.9 Å². The molecule has 0 radical (unpaired) electrons. The van der Waals surface area contributed by atoms with Gasteiger partial charge in [0.2, 0.25) is 0 Å². The van der Waals surface area contributed by atoms with Gasteiger partial charge in [0, 0.05) is 23.8 Å². The molecule has 0 spiro atoms. The van der Waals surface area contributed by atoms with Crippen LogP contribution >= 0.6 is 0 Å². The molecular formula is C35H39F3O2. The first kappa shape index (κ1) is 29.7. The minimum Gasteiger partial charge on any atom is -0.493 e. The number of benzene rings is 3. The molecule has 40 heavy (non-hydrogen) atoms. The van der Waals surface area contributed by atoms with Crippen molar-refractivity contribution in [2.24, 2.45) is 0 Å². The molecule has 212 valence electrons. The van der Waals surface area contributed by atoms with Crippen LogP contribution in [0.15, 0.2) is 73.3 Å². The number of unbranched alkanes of at least 4 members (excludes halogenated alkanes) is 2. The second-order valence-corrected chi connectivity index (χ2v) is 10.4. The summed E-state index contributed by atoms with van der Waals surface area (Å²) in [6, 6.07) is 15.8. The van der Waals surface area contributed by atoms with Gasteiger partial charge in [0.25, 0.3) is 0 Å². The van der Waals surface area contributed by atoms with E-state index in [1.807, 2.05) is 36.4 Å². The maximum Gasteiger partial charge on any atom is 0.166 e. The van der Waals surface area contributed by atoms with Crippen molar-refractivity contribution in [1.29, 1.82) is 0 Å².